The summed E-state index contributed by atoms with van der Waals surface area (Å²) in [6.07, 6.45) is 2.35. The molecule has 0 aromatic carbocycles. The van der Waals surface area contributed by atoms with Gasteiger partial charge in [0.1, 0.15) is 0 Å². The van der Waals surface area contributed by atoms with Crippen molar-refractivity contribution in [3.63, 3.8) is 0 Å². The molecule has 1 rings (SSSR count). The van der Waals surface area contributed by atoms with E-state index in [9.17, 15) is 5.11 Å². The van der Waals surface area contributed by atoms with Crippen LogP contribution in [0.4, 0.5) is 0 Å². The van der Waals surface area contributed by atoms with Crippen molar-refractivity contribution in [2.24, 2.45) is 23.2 Å². The molecule has 78 valence electrons. The van der Waals surface area contributed by atoms with Crippen molar-refractivity contribution < 1.29 is 5.11 Å². The number of hydrogen-bond donors (Lipinski definition) is 1. The molecular formula is C12H24O. The second kappa shape index (κ2) is 3.61. The minimum Gasteiger partial charge on any atom is -0.393 e. The first-order valence-electron chi connectivity index (χ1n) is 5.51. The fourth-order valence-electron chi connectivity index (χ4n) is 2.90. The molecule has 0 aromatic rings. The highest BCUT2D eigenvalue weighted by Crippen LogP contribution is 2.47. The summed E-state index contributed by atoms with van der Waals surface area (Å²) in [5.74, 6) is 1.61. The molecule has 3 atom stereocenters. The summed E-state index contributed by atoms with van der Waals surface area (Å²) in [6.45, 7) is 11.1. The van der Waals surface area contributed by atoms with Gasteiger partial charge in [-0.25, -0.2) is 0 Å². The third kappa shape index (κ3) is 2.46. The van der Waals surface area contributed by atoms with Gasteiger partial charge in [-0.15, -0.1) is 0 Å². The predicted molar refractivity (Wildman–Crippen MR) is 56.5 cm³/mol. The molecule has 1 nitrogen and oxygen atoms in total. The van der Waals surface area contributed by atoms with Gasteiger partial charge >= 0.3 is 0 Å². The predicted octanol–water partition coefficient (Wildman–Crippen LogP) is 3.08. The monoisotopic (exact) mass is 184 g/mol. The molecule has 0 spiro atoms. The van der Waals surface area contributed by atoms with Crippen LogP contribution in [0.3, 0.4) is 0 Å². The second-order valence-corrected chi connectivity index (χ2v) is 5.95. The minimum atomic E-state index is -0.100. The smallest absolute Gasteiger partial charge is 0.0594 e. The van der Waals surface area contributed by atoms with E-state index in [4.69, 9.17) is 0 Å². The van der Waals surface area contributed by atoms with E-state index in [0.29, 0.717) is 23.2 Å². The van der Waals surface area contributed by atoms with E-state index in [2.05, 4.69) is 34.6 Å². The highest BCUT2D eigenvalue weighted by atomic mass is 16.3. The normalized spacial score (nSPS) is 35.3. The molecule has 3 unspecified atom stereocenters. The van der Waals surface area contributed by atoms with Gasteiger partial charge in [-0.3, -0.25) is 0 Å². The van der Waals surface area contributed by atoms with E-state index >= 15 is 0 Å². The standard InChI is InChI=1S/C12H24O/c1-8(2)11(13)10-7-12(4,5)6-9(10)3/h8-11,13H,6-7H2,1-5H3. The van der Waals surface area contributed by atoms with Crippen molar-refractivity contribution in [3.05, 3.63) is 0 Å². The fraction of sp³-hybridized carbons (Fsp3) is 1.00. The summed E-state index contributed by atoms with van der Waals surface area (Å²) in [6, 6.07) is 0. The highest BCUT2D eigenvalue weighted by molar-refractivity contribution is 4.90. The van der Waals surface area contributed by atoms with Gasteiger partial charge in [-0.05, 0) is 36.0 Å². The maximum absolute atomic E-state index is 10.0. The highest BCUT2D eigenvalue weighted by Gasteiger charge is 2.40. The third-order valence-electron chi connectivity index (χ3n) is 3.52. The lowest BCUT2D eigenvalue weighted by Crippen LogP contribution is -2.27. The lowest BCUT2D eigenvalue weighted by Gasteiger charge is -2.25. The first-order valence-corrected chi connectivity index (χ1v) is 5.51. The van der Waals surface area contributed by atoms with Gasteiger partial charge in [0.15, 0.2) is 0 Å². The van der Waals surface area contributed by atoms with E-state index in [1.165, 1.54) is 12.8 Å². The summed E-state index contributed by atoms with van der Waals surface area (Å²) in [5.41, 5.74) is 0.444. The zero-order valence-corrected chi connectivity index (χ0v) is 9.67. The van der Waals surface area contributed by atoms with Crippen molar-refractivity contribution >= 4 is 0 Å². The number of aliphatic hydroxyl groups is 1. The van der Waals surface area contributed by atoms with E-state index in [1.54, 1.807) is 0 Å². The Hall–Kier alpha value is -0.0400. The topological polar surface area (TPSA) is 20.2 Å². The van der Waals surface area contributed by atoms with Crippen LogP contribution in [0, 0.1) is 23.2 Å². The number of aliphatic hydroxyl groups excluding tert-OH is 1. The van der Waals surface area contributed by atoms with Crippen LogP contribution in [0.5, 0.6) is 0 Å². The molecule has 0 saturated heterocycles. The summed E-state index contributed by atoms with van der Waals surface area (Å²) >= 11 is 0. The van der Waals surface area contributed by atoms with Gasteiger partial charge in [0.05, 0.1) is 6.10 Å². The molecule has 1 fully saturated rings. The summed E-state index contributed by atoms with van der Waals surface area (Å²) < 4.78 is 0. The molecule has 13 heavy (non-hydrogen) atoms. The molecule has 0 aliphatic heterocycles. The third-order valence-corrected chi connectivity index (χ3v) is 3.52. The van der Waals surface area contributed by atoms with E-state index in [-0.39, 0.29) is 6.10 Å². The van der Waals surface area contributed by atoms with Crippen LogP contribution >= 0.6 is 0 Å². The summed E-state index contributed by atoms with van der Waals surface area (Å²) in [5, 5.41) is 10.0. The molecule has 0 aromatic heterocycles. The van der Waals surface area contributed by atoms with Crippen molar-refractivity contribution in [2.45, 2.75) is 53.6 Å². The van der Waals surface area contributed by atoms with E-state index in [0.717, 1.165) is 0 Å². The maximum atomic E-state index is 10.0. The Kier molecular flexibility index (Phi) is 3.06. The molecule has 1 N–H and O–H groups in total. The molecule has 1 aliphatic rings. The largest absolute Gasteiger partial charge is 0.393 e. The molecule has 0 amide bonds. The van der Waals surface area contributed by atoms with Gasteiger partial charge in [-0.2, -0.15) is 0 Å². The molecule has 0 bridgehead atoms. The molecule has 1 saturated carbocycles. The first-order chi connectivity index (χ1) is 5.83. The minimum absolute atomic E-state index is 0.100. The Labute approximate surface area is 82.5 Å². The first kappa shape index (κ1) is 11.0. The average molecular weight is 184 g/mol. The Morgan fingerprint density at radius 3 is 2.08 bits per heavy atom. The Morgan fingerprint density at radius 2 is 1.77 bits per heavy atom. The van der Waals surface area contributed by atoms with Gasteiger partial charge < -0.3 is 5.11 Å². The van der Waals surface area contributed by atoms with Crippen molar-refractivity contribution in [1.82, 2.24) is 0 Å². The number of rotatable bonds is 2. The quantitative estimate of drug-likeness (QED) is 0.699. The van der Waals surface area contributed by atoms with Crippen LogP contribution in [0.1, 0.15) is 47.5 Å². The molecule has 0 heterocycles. The summed E-state index contributed by atoms with van der Waals surface area (Å²) in [7, 11) is 0. The molecule has 1 aliphatic carbocycles. The zero-order valence-electron chi connectivity index (χ0n) is 9.67. The van der Waals surface area contributed by atoms with Crippen LogP contribution < -0.4 is 0 Å². The fourth-order valence-corrected chi connectivity index (χ4v) is 2.90. The zero-order chi connectivity index (χ0) is 10.2. The lowest BCUT2D eigenvalue weighted by atomic mass is 9.85. The number of hydrogen-bond acceptors (Lipinski definition) is 1. The van der Waals surface area contributed by atoms with Gasteiger partial charge in [0.25, 0.3) is 0 Å². The Balaban J connectivity index is 2.62. The maximum Gasteiger partial charge on any atom is 0.0594 e. The van der Waals surface area contributed by atoms with Crippen molar-refractivity contribution in [2.75, 3.05) is 0 Å². The molecule has 1 heteroatoms. The lowest BCUT2D eigenvalue weighted by molar-refractivity contribution is 0.0471. The molecular weight excluding hydrogens is 160 g/mol. The summed E-state index contributed by atoms with van der Waals surface area (Å²) in [4.78, 5) is 0. The van der Waals surface area contributed by atoms with Gasteiger partial charge in [0, 0.05) is 0 Å². The van der Waals surface area contributed by atoms with E-state index < -0.39 is 0 Å². The van der Waals surface area contributed by atoms with Crippen LogP contribution in [-0.4, -0.2) is 11.2 Å². The van der Waals surface area contributed by atoms with Gasteiger partial charge in [0.2, 0.25) is 0 Å². The SMILES string of the molecule is CC(C)C(O)C1CC(C)(C)CC1C. The average Bonchev–Trinajstić information content (AvgIpc) is 2.22. The van der Waals surface area contributed by atoms with E-state index in [1.807, 2.05) is 0 Å². The van der Waals surface area contributed by atoms with Crippen LogP contribution in [0.15, 0.2) is 0 Å². The van der Waals surface area contributed by atoms with Crippen LogP contribution in [-0.2, 0) is 0 Å². The second-order valence-electron chi connectivity index (χ2n) is 5.95. The van der Waals surface area contributed by atoms with Crippen LogP contribution in [0.25, 0.3) is 0 Å². The van der Waals surface area contributed by atoms with Gasteiger partial charge in [-0.1, -0.05) is 34.6 Å². The van der Waals surface area contributed by atoms with Crippen LogP contribution in [0.2, 0.25) is 0 Å². The van der Waals surface area contributed by atoms with Crippen molar-refractivity contribution in [1.29, 1.82) is 0 Å². The Morgan fingerprint density at radius 1 is 1.23 bits per heavy atom. The van der Waals surface area contributed by atoms with Crippen molar-refractivity contribution in [3.8, 4) is 0 Å². The molecule has 0 radical (unpaired) electrons. The Bertz CT molecular complexity index is 172.